The lowest BCUT2D eigenvalue weighted by Gasteiger charge is -2.30. The number of hydrogen-bond acceptors (Lipinski definition) is 2. The molecule has 13 heavy (non-hydrogen) atoms. The van der Waals surface area contributed by atoms with Gasteiger partial charge in [0.05, 0.1) is 0 Å². The molecule has 0 saturated carbocycles. The summed E-state index contributed by atoms with van der Waals surface area (Å²) in [5.41, 5.74) is 0. The standard InChI is InChI=1S/C10H19NO2/c1-2-5-11-6-3-9(4-7-11)8-10(12)13/h9H,2-8H2,1H3,(H,12,13). The fourth-order valence-corrected chi connectivity index (χ4v) is 1.98. The van der Waals surface area contributed by atoms with Crippen molar-refractivity contribution >= 4 is 5.97 Å². The fourth-order valence-electron chi connectivity index (χ4n) is 1.98. The summed E-state index contributed by atoms with van der Waals surface area (Å²) in [6.07, 6.45) is 3.68. The second-order valence-electron chi connectivity index (χ2n) is 3.88. The summed E-state index contributed by atoms with van der Waals surface area (Å²) in [6.45, 7) is 5.53. The highest BCUT2D eigenvalue weighted by Crippen LogP contribution is 2.20. The average Bonchev–Trinajstić information content (AvgIpc) is 2.08. The van der Waals surface area contributed by atoms with Crippen LogP contribution in [0.4, 0.5) is 0 Å². The molecule has 0 amide bonds. The second kappa shape index (κ2) is 5.22. The molecule has 0 unspecified atom stereocenters. The van der Waals surface area contributed by atoms with E-state index >= 15 is 0 Å². The topological polar surface area (TPSA) is 40.5 Å². The van der Waals surface area contributed by atoms with Gasteiger partial charge < -0.3 is 10.0 Å². The van der Waals surface area contributed by atoms with Gasteiger partial charge in [-0.15, -0.1) is 0 Å². The second-order valence-corrected chi connectivity index (χ2v) is 3.88. The van der Waals surface area contributed by atoms with Crippen molar-refractivity contribution in [2.45, 2.75) is 32.6 Å². The first-order valence-corrected chi connectivity index (χ1v) is 5.16. The number of carboxylic acid groups (broad SMARTS) is 1. The van der Waals surface area contributed by atoms with E-state index in [2.05, 4.69) is 11.8 Å². The highest BCUT2D eigenvalue weighted by Gasteiger charge is 2.20. The van der Waals surface area contributed by atoms with Crippen LogP contribution in [0.5, 0.6) is 0 Å². The molecular weight excluding hydrogens is 166 g/mol. The Bertz CT molecular complexity index is 162. The number of hydrogen-bond donors (Lipinski definition) is 1. The Hall–Kier alpha value is -0.570. The summed E-state index contributed by atoms with van der Waals surface area (Å²) in [4.78, 5) is 12.9. The normalized spacial score (nSPS) is 20.4. The van der Waals surface area contributed by atoms with Crippen LogP contribution in [0.1, 0.15) is 32.6 Å². The predicted molar refractivity (Wildman–Crippen MR) is 51.7 cm³/mol. The molecule has 1 aliphatic heterocycles. The maximum absolute atomic E-state index is 10.5. The zero-order chi connectivity index (χ0) is 9.68. The van der Waals surface area contributed by atoms with Crippen molar-refractivity contribution in [1.82, 2.24) is 4.90 Å². The molecule has 0 aromatic heterocycles. The monoisotopic (exact) mass is 185 g/mol. The number of likely N-dealkylation sites (tertiary alicyclic amines) is 1. The smallest absolute Gasteiger partial charge is 0.303 e. The summed E-state index contributed by atoms with van der Waals surface area (Å²) in [6, 6.07) is 0. The summed E-state index contributed by atoms with van der Waals surface area (Å²) >= 11 is 0. The SMILES string of the molecule is CCCN1CCC(CC(=O)O)CC1. The van der Waals surface area contributed by atoms with Crippen LogP contribution in [0.3, 0.4) is 0 Å². The van der Waals surface area contributed by atoms with Gasteiger partial charge in [0.25, 0.3) is 0 Å². The molecule has 1 rings (SSSR count). The Balaban J connectivity index is 2.18. The zero-order valence-electron chi connectivity index (χ0n) is 8.33. The molecule has 1 saturated heterocycles. The van der Waals surface area contributed by atoms with Gasteiger partial charge in [0.15, 0.2) is 0 Å². The van der Waals surface area contributed by atoms with Crippen molar-refractivity contribution < 1.29 is 9.90 Å². The summed E-state index contributed by atoms with van der Waals surface area (Å²) in [5, 5.41) is 8.62. The van der Waals surface area contributed by atoms with E-state index < -0.39 is 5.97 Å². The Labute approximate surface area is 79.7 Å². The van der Waals surface area contributed by atoms with Gasteiger partial charge in [0.1, 0.15) is 0 Å². The molecule has 1 heterocycles. The van der Waals surface area contributed by atoms with Crippen LogP contribution >= 0.6 is 0 Å². The third-order valence-electron chi connectivity index (χ3n) is 2.71. The van der Waals surface area contributed by atoms with Crippen molar-refractivity contribution in [3.63, 3.8) is 0 Å². The lowest BCUT2D eigenvalue weighted by molar-refractivity contribution is -0.138. The Kier molecular flexibility index (Phi) is 4.22. The molecule has 0 atom stereocenters. The van der Waals surface area contributed by atoms with Gasteiger partial charge in [-0.1, -0.05) is 6.92 Å². The average molecular weight is 185 g/mol. The third kappa shape index (κ3) is 3.77. The minimum Gasteiger partial charge on any atom is -0.481 e. The molecule has 3 heteroatoms. The summed E-state index contributed by atoms with van der Waals surface area (Å²) in [5.74, 6) is -0.223. The van der Waals surface area contributed by atoms with Crippen LogP contribution in [0, 0.1) is 5.92 Å². The van der Waals surface area contributed by atoms with E-state index in [0.717, 1.165) is 25.9 Å². The van der Waals surface area contributed by atoms with E-state index in [1.807, 2.05) is 0 Å². The molecule has 0 spiro atoms. The molecular formula is C10H19NO2. The fraction of sp³-hybridized carbons (Fsp3) is 0.900. The van der Waals surface area contributed by atoms with Crippen LogP contribution in [-0.4, -0.2) is 35.6 Å². The van der Waals surface area contributed by atoms with Crippen LogP contribution in [0.25, 0.3) is 0 Å². The summed E-state index contributed by atoms with van der Waals surface area (Å²) in [7, 11) is 0. The van der Waals surface area contributed by atoms with E-state index in [1.54, 1.807) is 0 Å². The van der Waals surface area contributed by atoms with Crippen LogP contribution in [-0.2, 0) is 4.79 Å². The third-order valence-corrected chi connectivity index (χ3v) is 2.71. The molecule has 1 aliphatic rings. The van der Waals surface area contributed by atoms with Crippen molar-refractivity contribution in [3.8, 4) is 0 Å². The van der Waals surface area contributed by atoms with Crippen molar-refractivity contribution in [2.75, 3.05) is 19.6 Å². The molecule has 1 N–H and O–H groups in total. The first kappa shape index (κ1) is 10.5. The Morgan fingerprint density at radius 3 is 2.54 bits per heavy atom. The number of rotatable bonds is 4. The van der Waals surface area contributed by atoms with Gasteiger partial charge in [0, 0.05) is 6.42 Å². The van der Waals surface area contributed by atoms with Gasteiger partial charge >= 0.3 is 5.97 Å². The first-order chi connectivity index (χ1) is 6.22. The lowest BCUT2D eigenvalue weighted by atomic mass is 9.93. The highest BCUT2D eigenvalue weighted by atomic mass is 16.4. The van der Waals surface area contributed by atoms with Crippen molar-refractivity contribution in [1.29, 1.82) is 0 Å². The molecule has 0 aromatic carbocycles. The van der Waals surface area contributed by atoms with Crippen LogP contribution in [0.2, 0.25) is 0 Å². The first-order valence-electron chi connectivity index (χ1n) is 5.16. The number of carbonyl (C=O) groups is 1. The van der Waals surface area contributed by atoms with E-state index in [-0.39, 0.29) is 0 Å². The van der Waals surface area contributed by atoms with Gasteiger partial charge in [-0.25, -0.2) is 0 Å². The van der Waals surface area contributed by atoms with Gasteiger partial charge in [-0.05, 0) is 44.8 Å². The highest BCUT2D eigenvalue weighted by molar-refractivity contribution is 5.67. The minimum atomic E-state index is -0.644. The molecule has 0 aliphatic carbocycles. The van der Waals surface area contributed by atoms with Crippen molar-refractivity contribution in [3.05, 3.63) is 0 Å². The predicted octanol–water partition coefficient (Wildman–Crippen LogP) is 1.58. The zero-order valence-corrected chi connectivity index (χ0v) is 8.33. The largest absolute Gasteiger partial charge is 0.481 e. The van der Waals surface area contributed by atoms with Gasteiger partial charge in [0.2, 0.25) is 0 Å². The van der Waals surface area contributed by atoms with E-state index in [1.165, 1.54) is 13.0 Å². The van der Waals surface area contributed by atoms with Gasteiger partial charge in [-0.2, -0.15) is 0 Å². The molecule has 76 valence electrons. The number of aliphatic carboxylic acids is 1. The number of nitrogens with zero attached hydrogens (tertiary/aromatic N) is 1. The minimum absolute atomic E-state index is 0.361. The number of carboxylic acids is 1. The molecule has 0 radical (unpaired) electrons. The number of piperidine rings is 1. The van der Waals surface area contributed by atoms with E-state index in [0.29, 0.717) is 12.3 Å². The molecule has 1 fully saturated rings. The van der Waals surface area contributed by atoms with Crippen molar-refractivity contribution in [2.24, 2.45) is 5.92 Å². The Morgan fingerprint density at radius 1 is 1.46 bits per heavy atom. The van der Waals surface area contributed by atoms with Gasteiger partial charge in [-0.3, -0.25) is 4.79 Å². The quantitative estimate of drug-likeness (QED) is 0.723. The maximum atomic E-state index is 10.5. The maximum Gasteiger partial charge on any atom is 0.303 e. The van der Waals surface area contributed by atoms with Crippen LogP contribution < -0.4 is 0 Å². The van der Waals surface area contributed by atoms with E-state index in [4.69, 9.17) is 5.11 Å². The molecule has 0 bridgehead atoms. The lowest BCUT2D eigenvalue weighted by Crippen LogP contribution is -2.34. The molecule has 3 nitrogen and oxygen atoms in total. The van der Waals surface area contributed by atoms with E-state index in [9.17, 15) is 4.79 Å². The van der Waals surface area contributed by atoms with Crippen LogP contribution in [0.15, 0.2) is 0 Å². The Morgan fingerprint density at radius 2 is 2.08 bits per heavy atom. The summed E-state index contributed by atoms with van der Waals surface area (Å²) < 4.78 is 0. The molecule has 0 aromatic rings.